The number of aliphatic hydroxyl groups excluding tert-OH is 1. The highest BCUT2D eigenvalue weighted by molar-refractivity contribution is 6.46. The van der Waals surface area contributed by atoms with Gasteiger partial charge < -0.3 is 24.2 Å². The van der Waals surface area contributed by atoms with Crippen LogP contribution in [-0.4, -0.2) is 49.1 Å². The molecule has 1 fully saturated rings. The molecule has 2 aromatic carbocycles. The molecule has 1 atom stereocenters. The van der Waals surface area contributed by atoms with Crippen LogP contribution in [0.1, 0.15) is 37.4 Å². The van der Waals surface area contributed by atoms with Crippen LogP contribution < -0.4 is 14.2 Å². The van der Waals surface area contributed by atoms with Gasteiger partial charge in [0.2, 0.25) is 0 Å². The third kappa shape index (κ3) is 4.08. The number of nitrogens with zero attached hydrogens (tertiary/aromatic N) is 1. The van der Waals surface area contributed by atoms with Crippen molar-refractivity contribution in [2.45, 2.75) is 26.3 Å². The van der Waals surface area contributed by atoms with Crippen molar-refractivity contribution in [1.29, 1.82) is 0 Å². The smallest absolute Gasteiger partial charge is 0.295 e. The predicted molar refractivity (Wildman–Crippen MR) is 116 cm³/mol. The molecular formula is C24H27NO6. The van der Waals surface area contributed by atoms with Crippen LogP contribution in [0.4, 0.5) is 0 Å². The molecular weight excluding hydrogens is 398 g/mol. The molecule has 1 unspecified atom stereocenters. The minimum Gasteiger partial charge on any atom is -0.507 e. The maximum atomic E-state index is 13.0. The van der Waals surface area contributed by atoms with Gasteiger partial charge in [-0.1, -0.05) is 31.2 Å². The first-order valence-corrected chi connectivity index (χ1v) is 10.2. The minimum absolute atomic E-state index is 0.0126. The second kappa shape index (κ2) is 9.55. The lowest BCUT2D eigenvalue weighted by molar-refractivity contribution is -0.139. The fourth-order valence-electron chi connectivity index (χ4n) is 3.86. The molecule has 7 nitrogen and oxygen atoms in total. The molecule has 1 N–H and O–H groups in total. The van der Waals surface area contributed by atoms with E-state index in [1.54, 1.807) is 42.5 Å². The molecule has 1 amide bonds. The number of Topliss-reactive ketones (excluding diaryl/α,β-unsaturated/α-hetero) is 1. The molecule has 0 spiro atoms. The van der Waals surface area contributed by atoms with Gasteiger partial charge in [0.1, 0.15) is 11.5 Å². The molecule has 1 saturated heterocycles. The fourth-order valence-corrected chi connectivity index (χ4v) is 3.86. The predicted octanol–water partition coefficient (Wildman–Crippen LogP) is 3.93. The molecule has 0 aromatic heterocycles. The summed E-state index contributed by atoms with van der Waals surface area (Å²) in [5, 5.41) is 11.2. The minimum atomic E-state index is -0.805. The van der Waals surface area contributed by atoms with Crippen LogP contribution in [0.5, 0.6) is 17.2 Å². The van der Waals surface area contributed by atoms with Gasteiger partial charge in [-0.15, -0.1) is 0 Å². The number of carbonyl (C=O) groups is 2. The maximum Gasteiger partial charge on any atom is 0.295 e. The van der Waals surface area contributed by atoms with E-state index < -0.39 is 17.7 Å². The van der Waals surface area contributed by atoms with E-state index in [-0.39, 0.29) is 11.3 Å². The normalized spacial score (nSPS) is 17.7. The van der Waals surface area contributed by atoms with E-state index in [1.807, 2.05) is 13.8 Å². The highest BCUT2D eigenvalue weighted by Crippen LogP contribution is 2.45. The number of hydrogen-bond acceptors (Lipinski definition) is 6. The first-order valence-electron chi connectivity index (χ1n) is 10.2. The Morgan fingerprint density at radius 2 is 1.81 bits per heavy atom. The van der Waals surface area contributed by atoms with E-state index in [1.165, 1.54) is 19.1 Å². The van der Waals surface area contributed by atoms with Crippen LogP contribution >= 0.6 is 0 Å². The maximum absolute atomic E-state index is 13.0. The van der Waals surface area contributed by atoms with Crippen LogP contribution in [0.25, 0.3) is 5.76 Å². The number of methoxy groups -OCH3 is 2. The number of rotatable bonds is 8. The van der Waals surface area contributed by atoms with Gasteiger partial charge in [0.25, 0.3) is 11.7 Å². The third-order valence-corrected chi connectivity index (χ3v) is 5.15. The molecule has 0 saturated carbocycles. The SMILES string of the molecule is CCCN1C(=O)C(=O)/C(=C(/O)c2cccc(OCC)c2)C1c1cccc(OC)c1OC. The first kappa shape index (κ1) is 22.2. The van der Waals surface area contributed by atoms with Gasteiger partial charge in [-0.25, -0.2) is 0 Å². The monoisotopic (exact) mass is 425 g/mol. The molecule has 2 aromatic rings. The van der Waals surface area contributed by atoms with Gasteiger partial charge in [0.15, 0.2) is 11.5 Å². The summed E-state index contributed by atoms with van der Waals surface area (Å²) in [6.45, 7) is 4.60. The zero-order chi connectivity index (χ0) is 22.5. The Labute approximate surface area is 181 Å². The van der Waals surface area contributed by atoms with Gasteiger partial charge in [0, 0.05) is 17.7 Å². The highest BCUT2D eigenvalue weighted by atomic mass is 16.5. The Morgan fingerprint density at radius 3 is 2.45 bits per heavy atom. The number of ether oxygens (including phenoxy) is 3. The summed E-state index contributed by atoms with van der Waals surface area (Å²) in [7, 11) is 3.02. The number of hydrogen-bond donors (Lipinski definition) is 1. The standard InChI is InChI=1S/C24H27NO6/c1-5-13-25-20(17-11-8-12-18(29-3)23(17)30-4)19(22(27)24(25)28)21(26)15-9-7-10-16(14-15)31-6-2/h7-12,14,20,26H,5-6,13H2,1-4H3/b21-19+. The van der Waals surface area contributed by atoms with Gasteiger partial charge in [-0.05, 0) is 31.5 Å². The largest absolute Gasteiger partial charge is 0.507 e. The second-order valence-corrected chi connectivity index (χ2v) is 7.04. The number of para-hydroxylation sites is 1. The van der Waals surface area contributed by atoms with E-state index in [0.717, 1.165) is 0 Å². The average molecular weight is 425 g/mol. The number of aliphatic hydroxyl groups is 1. The van der Waals surface area contributed by atoms with Gasteiger partial charge in [-0.3, -0.25) is 9.59 Å². The molecule has 0 radical (unpaired) electrons. The highest BCUT2D eigenvalue weighted by Gasteiger charge is 2.47. The van der Waals surface area contributed by atoms with E-state index in [4.69, 9.17) is 14.2 Å². The van der Waals surface area contributed by atoms with Crippen molar-refractivity contribution in [3.8, 4) is 17.2 Å². The van der Waals surface area contributed by atoms with E-state index in [0.29, 0.717) is 47.9 Å². The Balaban J connectivity index is 2.24. The van der Waals surface area contributed by atoms with Crippen LogP contribution in [-0.2, 0) is 9.59 Å². The zero-order valence-corrected chi connectivity index (χ0v) is 18.2. The lowest BCUT2D eigenvalue weighted by Gasteiger charge is -2.26. The third-order valence-electron chi connectivity index (χ3n) is 5.15. The average Bonchev–Trinajstić information content (AvgIpc) is 3.03. The van der Waals surface area contributed by atoms with Crippen LogP contribution in [0.2, 0.25) is 0 Å². The molecule has 7 heteroatoms. The first-order chi connectivity index (χ1) is 15.0. The molecule has 1 aliphatic rings. The van der Waals surface area contributed by atoms with Crippen molar-refractivity contribution in [2.24, 2.45) is 0 Å². The van der Waals surface area contributed by atoms with Crippen molar-refractivity contribution >= 4 is 17.4 Å². The van der Waals surface area contributed by atoms with E-state index >= 15 is 0 Å². The van der Waals surface area contributed by atoms with Gasteiger partial charge >= 0.3 is 0 Å². The summed E-state index contributed by atoms with van der Waals surface area (Å²) < 4.78 is 16.5. The summed E-state index contributed by atoms with van der Waals surface area (Å²) in [5.41, 5.74) is 0.975. The summed E-state index contributed by atoms with van der Waals surface area (Å²) in [6, 6.07) is 11.3. The number of benzene rings is 2. The van der Waals surface area contributed by atoms with Crippen molar-refractivity contribution in [2.75, 3.05) is 27.4 Å². The molecule has 1 heterocycles. The van der Waals surface area contributed by atoms with Crippen LogP contribution in [0.3, 0.4) is 0 Å². The molecule has 31 heavy (non-hydrogen) atoms. The van der Waals surface area contributed by atoms with Crippen LogP contribution in [0, 0.1) is 0 Å². The van der Waals surface area contributed by atoms with Crippen molar-refractivity contribution in [1.82, 2.24) is 4.90 Å². The second-order valence-electron chi connectivity index (χ2n) is 7.04. The number of ketones is 1. The topological polar surface area (TPSA) is 85.3 Å². The van der Waals surface area contributed by atoms with Crippen LogP contribution in [0.15, 0.2) is 48.0 Å². The van der Waals surface area contributed by atoms with Gasteiger partial charge in [-0.2, -0.15) is 0 Å². The number of amides is 1. The van der Waals surface area contributed by atoms with Crippen molar-refractivity contribution in [3.05, 3.63) is 59.2 Å². The molecule has 3 rings (SSSR count). The summed E-state index contributed by atoms with van der Waals surface area (Å²) in [5.74, 6) is -0.201. The molecule has 0 bridgehead atoms. The Hall–Kier alpha value is -3.48. The number of carbonyl (C=O) groups excluding carboxylic acids is 2. The van der Waals surface area contributed by atoms with Crippen molar-refractivity contribution in [3.63, 3.8) is 0 Å². The molecule has 1 aliphatic heterocycles. The lowest BCUT2D eigenvalue weighted by Crippen LogP contribution is -2.30. The van der Waals surface area contributed by atoms with Crippen molar-refractivity contribution < 1.29 is 28.9 Å². The zero-order valence-electron chi connectivity index (χ0n) is 18.2. The number of likely N-dealkylation sites (tertiary alicyclic amines) is 1. The lowest BCUT2D eigenvalue weighted by atomic mass is 9.94. The fraction of sp³-hybridized carbons (Fsp3) is 0.333. The summed E-state index contributed by atoms with van der Waals surface area (Å²) in [4.78, 5) is 27.4. The van der Waals surface area contributed by atoms with Gasteiger partial charge in [0.05, 0.1) is 32.4 Å². The molecule has 164 valence electrons. The summed E-state index contributed by atoms with van der Waals surface area (Å²) in [6.07, 6.45) is 0.648. The van der Waals surface area contributed by atoms with E-state index in [9.17, 15) is 14.7 Å². The Bertz CT molecular complexity index is 1010. The van der Waals surface area contributed by atoms with E-state index in [2.05, 4.69) is 0 Å². The Kier molecular flexibility index (Phi) is 6.84. The Morgan fingerprint density at radius 1 is 1.06 bits per heavy atom. The molecule has 0 aliphatic carbocycles. The summed E-state index contributed by atoms with van der Waals surface area (Å²) >= 11 is 0. The quantitative estimate of drug-likeness (QED) is 0.392.